The summed E-state index contributed by atoms with van der Waals surface area (Å²) < 4.78 is 13.2. The molecule has 2 aliphatic rings. The molecule has 1 saturated carbocycles. The highest BCUT2D eigenvalue weighted by Crippen LogP contribution is 2.27. The summed E-state index contributed by atoms with van der Waals surface area (Å²) in [5.41, 5.74) is 7.81. The number of hydrogen-bond donors (Lipinski definition) is 1. The Morgan fingerprint density at radius 1 is 1.11 bits per heavy atom. The quantitative estimate of drug-likeness (QED) is 0.895. The van der Waals surface area contributed by atoms with Gasteiger partial charge in [0, 0.05) is 45.3 Å². The highest BCUT2D eigenvalue weighted by molar-refractivity contribution is 5.27. The average Bonchev–Trinajstić information content (AvgIpc) is 3.26. The Morgan fingerprint density at radius 2 is 1.84 bits per heavy atom. The number of halogens is 1. The van der Waals surface area contributed by atoms with Crippen LogP contribution in [0.15, 0.2) is 18.2 Å². The van der Waals surface area contributed by atoms with Crippen LogP contribution in [0.5, 0.6) is 0 Å². The highest BCUT2D eigenvalue weighted by atomic mass is 19.1. The summed E-state index contributed by atoms with van der Waals surface area (Å²) in [6.45, 7) is 5.86. The predicted octanol–water partition coefficient (Wildman–Crippen LogP) is 1.56. The maximum atomic E-state index is 13.2. The summed E-state index contributed by atoms with van der Waals surface area (Å²) in [4.78, 5) is 5.05. The molecule has 0 unspecified atom stereocenters. The lowest BCUT2D eigenvalue weighted by atomic mass is 10.1. The van der Waals surface area contributed by atoms with Crippen LogP contribution in [-0.2, 0) is 13.1 Å². The monoisotopic (exact) mass is 263 g/mol. The highest BCUT2D eigenvalue weighted by Gasteiger charge is 2.31. The molecular weight excluding hydrogens is 241 g/mol. The smallest absolute Gasteiger partial charge is 0.123 e. The normalized spacial score (nSPS) is 21.8. The van der Waals surface area contributed by atoms with Crippen LogP contribution in [0.3, 0.4) is 0 Å². The minimum absolute atomic E-state index is 0.192. The zero-order valence-corrected chi connectivity index (χ0v) is 11.3. The molecule has 19 heavy (non-hydrogen) atoms. The lowest BCUT2D eigenvalue weighted by Crippen LogP contribution is -2.46. The first-order valence-corrected chi connectivity index (χ1v) is 7.20. The van der Waals surface area contributed by atoms with Gasteiger partial charge in [-0.05, 0) is 36.1 Å². The minimum Gasteiger partial charge on any atom is -0.326 e. The Bertz CT molecular complexity index is 437. The molecule has 3 nitrogen and oxygen atoms in total. The first kappa shape index (κ1) is 13.0. The molecule has 1 aromatic rings. The molecule has 0 bridgehead atoms. The van der Waals surface area contributed by atoms with Crippen LogP contribution in [0.2, 0.25) is 0 Å². The standard InChI is InChI=1S/C15H22FN3/c16-14-2-1-12(13(9-14)10-17)11-18-5-7-19(8-6-18)15-3-4-15/h1-2,9,15H,3-8,10-11,17H2. The Hall–Kier alpha value is -0.970. The molecule has 0 amide bonds. The van der Waals surface area contributed by atoms with Crippen LogP contribution in [0.25, 0.3) is 0 Å². The fourth-order valence-electron chi connectivity index (χ4n) is 2.91. The molecule has 1 saturated heterocycles. The second-order valence-corrected chi connectivity index (χ2v) is 5.66. The zero-order chi connectivity index (χ0) is 13.2. The van der Waals surface area contributed by atoms with Crippen molar-refractivity contribution in [1.82, 2.24) is 9.80 Å². The average molecular weight is 263 g/mol. The van der Waals surface area contributed by atoms with Crippen molar-refractivity contribution in [3.05, 3.63) is 35.1 Å². The molecule has 0 radical (unpaired) electrons. The molecule has 0 aromatic heterocycles. The van der Waals surface area contributed by atoms with Crippen LogP contribution in [0, 0.1) is 5.82 Å². The topological polar surface area (TPSA) is 32.5 Å². The number of rotatable bonds is 4. The van der Waals surface area contributed by atoms with Crippen LogP contribution < -0.4 is 5.73 Å². The van der Waals surface area contributed by atoms with Crippen molar-refractivity contribution >= 4 is 0 Å². The van der Waals surface area contributed by atoms with Gasteiger partial charge in [0.25, 0.3) is 0 Å². The van der Waals surface area contributed by atoms with E-state index in [2.05, 4.69) is 9.80 Å². The van der Waals surface area contributed by atoms with Gasteiger partial charge in [0.15, 0.2) is 0 Å². The summed E-state index contributed by atoms with van der Waals surface area (Å²) in [6, 6.07) is 5.85. The third-order valence-corrected chi connectivity index (χ3v) is 4.25. The van der Waals surface area contributed by atoms with Crippen LogP contribution >= 0.6 is 0 Å². The number of hydrogen-bond acceptors (Lipinski definition) is 3. The van der Waals surface area contributed by atoms with Gasteiger partial charge in [-0.3, -0.25) is 9.80 Å². The molecule has 1 heterocycles. The molecule has 104 valence electrons. The molecule has 0 spiro atoms. The van der Waals surface area contributed by atoms with E-state index in [1.807, 2.05) is 6.07 Å². The summed E-state index contributed by atoms with van der Waals surface area (Å²) in [5, 5.41) is 0. The van der Waals surface area contributed by atoms with Gasteiger partial charge in [-0.2, -0.15) is 0 Å². The van der Waals surface area contributed by atoms with Gasteiger partial charge in [-0.25, -0.2) is 4.39 Å². The first-order valence-electron chi connectivity index (χ1n) is 7.20. The van der Waals surface area contributed by atoms with Crippen molar-refractivity contribution in [2.75, 3.05) is 26.2 Å². The second kappa shape index (κ2) is 5.57. The van der Waals surface area contributed by atoms with Crippen molar-refractivity contribution in [1.29, 1.82) is 0 Å². The Kier molecular flexibility index (Phi) is 3.82. The third-order valence-electron chi connectivity index (χ3n) is 4.25. The molecule has 0 atom stereocenters. The first-order chi connectivity index (χ1) is 9.26. The van der Waals surface area contributed by atoms with Crippen molar-refractivity contribution in [3.8, 4) is 0 Å². The van der Waals surface area contributed by atoms with Gasteiger partial charge in [-0.1, -0.05) is 6.07 Å². The van der Waals surface area contributed by atoms with E-state index < -0.39 is 0 Å². The van der Waals surface area contributed by atoms with E-state index in [0.717, 1.165) is 31.2 Å². The van der Waals surface area contributed by atoms with Crippen molar-refractivity contribution in [2.45, 2.75) is 32.0 Å². The summed E-state index contributed by atoms with van der Waals surface area (Å²) in [7, 11) is 0. The van der Waals surface area contributed by atoms with Gasteiger partial charge in [0.2, 0.25) is 0 Å². The van der Waals surface area contributed by atoms with Gasteiger partial charge in [0.1, 0.15) is 5.82 Å². The maximum absolute atomic E-state index is 13.2. The molecule has 2 N–H and O–H groups in total. The molecule has 2 fully saturated rings. The zero-order valence-electron chi connectivity index (χ0n) is 11.3. The van der Waals surface area contributed by atoms with Gasteiger partial charge < -0.3 is 5.73 Å². The predicted molar refractivity (Wildman–Crippen MR) is 74.2 cm³/mol. The molecular formula is C15H22FN3. The number of piperazine rings is 1. The van der Waals surface area contributed by atoms with E-state index in [0.29, 0.717) is 6.54 Å². The molecule has 3 rings (SSSR count). The maximum Gasteiger partial charge on any atom is 0.123 e. The van der Waals surface area contributed by atoms with Crippen molar-refractivity contribution in [2.24, 2.45) is 5.73 Å². The van der Waals surface area contributed by atoms with Crippen LogP contribution in [0.1, 0.15) is 24.0 Å². The fourth-order valence-corrected chi connectivity index (χ4v) is 2.91. The SMILES string of the molecule is NCc1cc(F)ccc1CN1CCN(C2CC2)CC1. The van der Waals surface area contributed by atoms with E-state index in [-0.39, 0.29) is 5.82 Å². The molecule has 1 aromatic carbocycles. The van der Waals surface area contributed by atoms with Crippen LogP contribution in [0.4, 0.5) is 4.39 Å². The van der Waals surface area contributed by atoms with Gasteiger partial charge in [-0.15, -0.1) is 0 Å². The molecule has 1 aliphatic carbocycles. The van der Waals surface area contributed by atoms with E-state index in [1.54, 1.807) is 6.07 Å². The van der Waals surface area contributed by atoms with E-state index in [9.17, 15) is 4.39 Å². The lowest BCUT2D eigenvalue weighted by molar-refractivity contribution is 0.121. The van der Waals surface area contributed by atoms with Gasteiger partial charge in [0.05, 0.1) is 0 Å². The molecule has 4 heteroatoms. The Balaban J connectivity index is 1.59. The van der Waals surface area contributed by atoms with E-state index in [1.165, 1.54) is 37.6 Å². The largest absolute Gasteiger partial charge is 0.326 e. The summed E-state index contributed by atoms with van der Waals surface area (Å²) >= 11 is 0. The minimum atomic E-state index is -0.192. The van der Waals surface area contributed by atoms with Crippen molar-refractivity contribution in [3.63, 3.8) is 0 Å². The Labute approximate surface area is 114 Å². The second-order valence-electron chi connectivity index (χ2n) is 5.66. The van der Waals surface area contributed by atoms with E-state index in [4.69, 9.17) is 5.73 Å². The third kappa shape index (κ3) is 3.14. The summed E-state index contributed by atoms with van der Waals surface area (Å²) in [6.07, 6.45) is 2.77. The number of nitrogens with two attached hydrogens (primary N) is 1. The van der Waals surface area contributed by atoms with Gasteiger partial charge >= 0.3 is 0 Å². The number of nitrogens with zero attached hydrogens (tertiary/aromatic N) is 2. The van der Waals surface area contributed by atoms with E-state index >= 15 is 0 Å². The lowest BCUT2D eigenvalue weighted by Gasteiger charge is -2.35. The fraction of sp³-hybridized carbons (Fsp3) is 0.600. The summed E-state index contributed by atoms with van der Waals surface area (Å²) in [5.74, 6) is -0.192. The number of benzene rings is 1. The van der Waals surface area contributed by atoms with Crippen LogP contribution in [-0.4, -0.2) is 42.0 Å². The van der Waals surface area contributed by atoms with Crippen molar-refractivity contribution < 1.29 is 4.39 Å². The molecule has 1 aliphatic heterocycles. The Morgan fingerprint density at radius 3 is 2.47 bits per heavy atom.